The summed E-state index contributed by atoms with van der Waals surface area (Å²) in [5, 5.41) is 3.33. The predicted octanol–water partition coefficient (Wildman–Crippen LogP) is 2.38. The molecule has 2 aromatic heterocycles. The van der Waals surface area contributed by atoms with Crippen LogP contribution in [0, 0.1) is 6.92 Å². The highest BCUT2D eigenvalue weighted by atomic mass is 35.5. The lowest BCUT2D eigenvalue weighted by atomic mass is 10.1. The second-order valence-corrected chi connectivity index (χ2v) is 5.98. The van der Waals surface area contributed by atoms with Gasteiger partial charge in [0.25, 0.3) is 5.91 Å². The summed E-state index contributed by atoms with van der Waals surface area (Å²) in [6.07, 6.45) is 3.71. The number of rotatable bonds is 4. The highest BCUT2D eigenvalue weighted by molar-refractivity contribution is 6.33. The molecule has 0 aliphatic carbocycles. The van der Waals surface area contributed by atoms with Crippen molar-refractivity contribution in [2.24, 2.45) is 0 Å². The Labute approximate surface area is 139 Å². The van der Waals surface area contributed by atoms with Gasteiger partial charge in [0.2, 0.25) is 5.88 Å². The van der Waals surface area contributed by atoms with Gasteiger partial charge in [-0.05, 0) is 26.3 Å². The summed E-state index contributed by atoms with van der Waals surface area (Å²) in [6.45, 7) is 5.04. The topological polar surface area (TPSA) is 69.0 Å². The molecule has 0 spiro atoms. The van der Waals surface area contributed by atoms with Crippen LogP contribution in [0.2, 0.25) is 5.02 Å². The summed E-state index contributed by atoms with van der Waals surface area (Å²) < 4.78 is 7.42. The van der Waals surface area contributed by atoms with Crippen molar-refractivity contribution in [1.82, 2.24) is 19.9 Å². The molecule has 23 heavy (non-hydrogen) atoms. The summed E-state index contributed by atoms with van der Waals surface area (Å²) in [7, 11) is 0. The first-order valence-corrected chi connectivity index (χ1v) is 8.07. The SMILES string of the molecule is CCOc1ccc(Cl)c(C(=O)N[C@H]2CCc3nc(C)cn3C2)n1. The summed E-state index contributed by atoms with van der Waals surface area (Å²) in [4.78, 5) is 21.1. The van der Waals surface area contributed by atoms with Crippen LogP contribution in [0.3, 0.4) is 0 Å². The Morgan fingerprint density at radius 1 is 1.48 bits per heavy atom. The van der Waals surface area contributed by atoms with Crippen molar-refractivity contribution in [1.29, 1.82) is 0 Å². The Hall–Kier alpha value is -2.08. The van der Waals surface area contributed by atoms with E-state index in [0.29, 0.717) is 24.1 Å². The number of imidazole rings is 1. The van der Waals surface area contributed by atoms with E-state index in [1.54, 1.807) is 12.1 Å². The van der Waals surface area contributed by atoms with Crippen molar-refractivity contribution in [3.63, 3.8) is 0 Å². The summed E-state index contributed by atoms with van der Waals surface area (Å²) in [5.41, 5.74) is 1.20. The molecule has 0 saturated heterocycles. The van der Waals surface area contributed by atoms with Crippen LogP contribution in [-0.2, 0) is 13.0 Å². The van der Waals surface area contributed by atoms with E-state index in [2.05, 4.69) is 19.9 Å². The number of nitrogens with zero attached hydrogens (tertiary/aromatic N) is 3. The zero-order chi connectivity index (χ0) is 16.4. The normalized spacial score (nSPS) is 16.7. The first-order chi connectivity index (χ1) is 11.1. The molecular weight excluding hydrogens is 316 g/mol. The molecule has 3 heterocycles. The number of aromatic nitrogens is 3. The van der Waals surface area contributed by atoms with Crippen LogP contribution >= 0.6 is 11.6 Å². The second kappa shape index (κ2) is 6.58. The van der Waals surface area contributed by atoms with Crippen LogP contribution in [-0.4, -0.2) is 33.1 Å². The van der Waals surface area contributed by atoms with E-state index in [0.717, 1.165) is 24.4 Å². The molecule has 0 saturated carbocycles. The number of hydrogen-bond acceptors (Lipinski definition) is 4. The Kier molecular flexibility index (Phi) is 4.52. The molecule has 0 bridgehead atoms. The lowest BCUT2D eigenvalue weighted by Gasteiger charge is -2.24. The molecule has 0 radical (unpaired) electrons. The van der Waals surface area contributed by atoms with Crippen molar-refractivity contribution < 1.29 is 9.53 Å². The quantitative estimate of drug-likeness (QED) is 0.932. The third kappa shape index (κ3) is 3.47. The Morgan fingerprint density at radius 2 is 2.30 bits per heavy atom. The molecular formula is C16H19ClN4O2. The van der Waals surface area contributed by atoms with Gasteiger partial charge in [0.15, 0.2) is 5.69 Å². The third-order valence-corrected chi connectivity index (χ3v) is 4.08. The van der Waals surface area contributed by atoms with Gasteiger partial charge in [0, 0.05) is 31.3 Å². The zero-order valence-corrected chi connectivity index (χ0v) is 13.9. The molecule has 1 aliphatic rings. The standard InChI is InChI=1S/C16H19ClN4O2/c1-3-23-14-7-5-12(17)15(20-14)16(22)19-11-4-6-13-18-10(2)8-21(13)9-11/h5,7-8,11H,3-4,6,9H2,1-2H3,(H,19,22)/t11-/m0/s1. The number of ether oxygens (including phenoxy) is 1. The highest BCUT2D eigenvalue weighted by Crippen LogP contribution is 2.20. The fraction of sp³-hybridized carbons (Fsp3) is 0.438. The van der Waals surface area contributed by atoms with E-state index in [1.165, 1.54) is 0 Å². The monoisotopic (exact) mass is 334 g/mol. The minimum absolute atomic E-state index is 0.0391. The number of nitrogens with one attached hydrogen (secondary N) is 1. The average Bonchev–Trinajstić information content (AvgIpc) is 2.88. The molecule has 0 unspecified atom stereocenters. The van der Waals surface area contributed by atoms with Crippen molar-refractivity contribution in [2.75, 3.05) is 6.61 Å². The average molecular weight is 335 g/mol. The van der Waals surface area contributed by atoms with Crippen LogP contribution in [0.25, 0.3) is 0 Å². The third-order valence-electron chi connectivity index (χ3n) is 3.78. The highest BCUT2D eigenvalue weighted by Gasteiger charge is 2.23. The van der Waals surface area contributed by atoms with Crippen LogP contribution < -0.4 is 10.1 Å². The Balaban J connectivity index is 1.71. The van der Waals surface area contributed by atoms with Gasteiger partial charge in [-0.15, -0.1) is 0 Å². The smallest absolute Gasteiger partial charge is 0.271 e. The number of hydrogen-bond donors (Lipinski definition) is 1. The first-order valence-electron chi connectivity index (χ1n) is 7.69. The number of aryl methyl sites for hydroxylation is 2. The van der Waals surface area contributed by atoms with Crippen LogP contribution in [0.4, 0.5) is 0 Å². The predicted molar refractivity (Wildman–Crippen MR) is 87.0 cm³/mol. The van der Waals surface area contributed by atoms with Crippen LogP contribution in [0.1, 0.15) is 35.4 Å². The van der Waals surface area contributed by atoms with Gasteiger partial charge in [-0.2, -0.15) is 0 Å². The Bertz CT molecular complexity index is 729. The van der Waals surface area contributed by atoms with Gasteiger partial charge < -0.3 is 14.6 Å². The van der Waals surface area contributed by atoms with Crippen molar-refractivity contribution in [3.8, 4) is 5.88 Å². The molecule has 0 aromatic carbocycles. The van der Waals surface area contributed by atoms with Gasteiger partial charge in [-0.3, -0.25) is 4.79 Å². The molecule has 1 amide bonds. The second-order valence-electron chi connectivity index (χ2n) is 5.57. The van der Waals surface area contributed by atoms with E-state index < -0.39 is 0 Å². The fourth-order valence-electron chi connectivity index (χ4n) is 2.77. The maximum absolute atomic E-state index is 12.5. The molecule has 2 aromatic rings. The van der Waals surface area contributed by atoms with Gasteiger partial charge in [0.05, 0.1) is 17.3 Å². The van der Waals surface area contributed by atoms with Crippen LogP contribution in [0.15, 0.2) is 18.3 Å². The van der Waals surface area contributed by atoms with Gasteiger partial charge in [-0.25, -0.2) is 9.97 Å². The summed E-state index contributed by atoms with van der Waals surface area (Å²) in [5.74, 6) is 1.20. The van der Waals surface area contributed by atoms with E-state index in [4.69, 9.17) is 16.3 Å². The maximum atomic E-state index is 12.5. The number of carbonyl (C=O) groups is 1. The lowest BCUT2D eigenvalue weighted by molar-refractivity contribution is 0.0921. The van der Waals surface area contributed by atoms with E-state index in [-0.39, 0.29) is 17.6 Å². The fourth-order valence-corrected chi connectivity index (χ4v) is 2.96. The summed E-state index contributed by atoms with van der Waals surface area (Å²) >= 11 is 6.10. The minimum Gasteiger partial charge on any atom is -0.478 e. The molecule has 6 nitrogen and oxygen atoms in total. The molecule has 3 rings (SSSR count). The number of carbonyl (C=O) groups excluding carboxylic acids is 1. The lowest BCUT2D eigenvalue weighted by Crippen LogP contribution is -2.41. The number of pyridine rings is 1. The van der Waals surface area contributed by atoms with Crippen molar-refractivity contribution in [3.05, 3.63) is 40.6 Å². The van der Waals surface area contributed by atoms with Crippen molar-refractivity contribution >= 4 is 17.5 Å². The van der Waals surface area contributed by atoms with Crippen LogP contribution in [0.5, 0.6) is 5.88 Å². The van der Waals surface area contributed by atoms with Gasteiger partial charge >= 0.3 is 0 Å². The van der Waals surface area contributed by atoms with Gasteiger partial charge in [-0.1, -0.05) is 11.6 Å². The molecule has 1 atom stereocenters. The summed E-state index contributed by atoms with van der Waals surface area (Å²) in [6, 6.07) is 3.33. The number of fused-ring (bicyclic) bond motifs is 1. The van der Waals surface area contributed by atoms with Crippen molar-refractivity contribution in [2.45, 2.75) is 39.3 Å². The molecule has 1 N–H and O–H groups in total. The zero-order valence-electron chi connectivity index (χ0n) is 13.2. The maximum Gasteiger partial charge on any atom is 0.271 e. The largest absolute Gasteiger partial charge is 0.478 e. The molecule has 7 heteroatoms. The van der Waals surface area contributed by atoms with E-state index in [1.807, 2.05) is 20.0 Å². The molecule has 0 fully saturated rings. The first kappa shape index (κ1) is 15.8. The molecule has 1 aliphatic heterocycles. The van der Waals surface area contributed by atoms with Gasteiger partial charge in [0.1, 0.15) is 5.82 Å². The minimum atomic E-state index is -0.276. The van der Waals surface area contributed by atoms with E-state index in [9.17, 15) is 4.79 Å². The molecule has 122 valence electrons. The number of amides is 1. The number of halogens is 1. The Morgan fingerprint density at radius 3 is 3.09 bits per heavy atom. The van der Waals surface area contributed by atoms with E-state index >= 15 is 0 Å².